The number of pyridine rings is 1. The van der Waals surface area contributed by atoms with Crippen molar-refractivity contribution in [1.82, 2.24) is 15.0 Å². The first-order valence-electron chi connectivity index (χ1n) is 10.6. The van der Waals surface area contributed by atoms with Crippen LogP contribution in [0.25, 0.3) is 38.8 Å². The van der Waals surface area contributed by atoms with Gasteiger partial charge in [0.25, 0.3) is 0 Å². The van der Waals surface area contributed by atoms with Gasteiger partial charge in [-0.05, 0) is 30.3 Å². The van der Waals surface area contributed by atoms with Crippen molar-refractivity contribution in [2.24, 2.45) is 0 Å². The van der Waals surface area contributed by atoms with Crippen LogP contribution in [0.15, 0.2) is 84.6 Å². The van der Waals surface area contributed by atoms with Gasteiger partial charge >= 0.3 is 5.97 Å². The van der Waals surface area contributed by atoms with E-state index in [4.69, 9.17) is 16.3 Å². The fourth-order valence-electron chi connectivity index (χ4n) is 3.76. The minimum Gasteiger partial charge on any atom is -0.507 e. The second-order valence-electron chi connectivity index (χ2n) is 7.66. The fraction of sp³-hybridized carbons (Fsp3) is 0.0370. The topological polar surface area (TPSA) is 112 Å². The van der Waals surface area contributed by atoms with E-state index in [1.165, 1.54) is 0 Å². The molecule has 0 aliphatic rings. The van der Waals surface area contributed by atoms with E-state index in [1.54, 1.807) is 36.4 Å². The lowest BCUT2D eigenvalue weighted by molar-refractivity contribution is 0.0505. The number of hydrogen-bond acceptors (Lipinski definition) is 6. The number of imidazole rings is 1. The van der Waals surface area contributed by atoms with Gasteiger partial charge in [0.05, 0.1) is 27.8 Å². The number of nitriles is 1. The molecule has 3 aromatic carbocycles. The largest absolute Gasteiger partial charge is 0.507 e. The number of aliphatic hydroxyl groups is 1. The molecule has 35 heavy (non-hydrogen) atoms. The highest BCUT2D eigenvalue weighted by atomic mass is 35.5. The minimum atomic E-state index is -0.676. The molecule has 0 saturated heterocycles. The van der Waals surface area contributed by atoms with Gasteiger partial charge in [0.1, 0.15) is 18.2 Å². The highest BCUT2D eigenvalue weighted by Crippen LogP contribution is 2.30. The van der Waals surface area contributed by atoms with Crippen LogP contribution in [0.5, 0.6) is 0 Å². The lowest BCUT2D eigenvalue weighted by Crippen LogP contribution is -2.10. The van der Waals surface area contributed by atoms with E-state index >= 15 is 0 Å². The Balaban J connectivity index is 1.47. The van der Waals surface area contributed by atoms with Crippen molar-refractivity contribution in [3.05, 3.63) is 101 Å². The molecule has 8 heteroatoms. The van der Waals surface area contributed by atoms with E-state index in [0.29, 0.717) is 32.7 Å². The van der Waals surface area contributed by atoms with Crippen LogP contribution in [0.2, 0.25) is 5.02 Å². The van der Waals surface area contributed by atoms with E-state index in [1.807, 2.05) is 48.5 Å². The van der Waals surface area contributed by atoms with Gasteiger partial charge in [0.15, 0.2) is 11.6 Å². The maximum atomic E-state index is 13.1. The van der Waals surface area contributed by atoms with Crippen molar-refractivity contribution in [3.63, 3.8) is 0 Å². The highest BCUT2D eigenvalue weighted by Gasteiger charge is 2.19. The SMILES string of the molecule is N#C/C(=C(/O)COC(=O)c1cc(-c2ccccc2Cl)nc2ccccc12)c1nc2ccccc2[nH]1. The summed E-state index contributed by atoms with van der Waals surface area (Å²) < 4.78 is 5.40. The van der Waals surface area contributed by atoms with Crippen LogP contribution in [-0.4, -0.2) is 32.6 Å². The number of aromatic nitrogens is 3. The number of fused-ring (bicyclic) bond motifs is 2. The second kappa shape index (κ2) is 9.29. The summed E-state index contributed by atoms with van der Waals surface area (Å²) >= 11 is 6.35. The third-order valence-electron chi connectivity index (χ3n) is 5.45. The Labute approximate surface area is 204 Å². The Hall–Kier alpha value is -4.67. The Morgan fingerprint density at radius 2 is 1.71 bits per heavy atom. The quantitative estimate of drug-likeness (QED) is 0.179. The van der Waals surface area contributed by atoms with Crippen molar-refractivity contribution < 1.29 is 14.6 Å². The summed E-state index contributed by atoms with van der Waals surface area (Å²) in [6, 6.07) is 25.2. The number of ether oxygens (including phenoxy) is 1. The minimum absolute atomic E-state index is 0.106. The lowest BCUT2D eigenvalue weighted by atomic mass is 10.0. The molecular weight excluding hydrogens is 464 g/mol. The van der Waals surface area contributed by atoms with Gasteiger partial charge < -0.3 is 14.8 Å². The van der Waals surface area contributed by atoms with Gasteiger partial charge in [-0.1, -0.05) is 60.1 Å². The van der Waals surface area contributed by atoms with Crippen molar-refractivity contribution in [1.29, 1.82) is 5.26 Å². The van der Waals surface area contributed by atoms with Crippen molar-refractivity contribution in [2.75, 3.05) is 6.61 Å². The molecule has 2 heterocycles. The number of H-pyrrole nitrogens is 1. The fourth-order valence-corrected chi connectivity index (χ4v) is 3.99. The van der Waals surface area contributed by atoms with E-state index in [0.717, 1.165) is 5.52 Å². The zero-order valence-electron chi connectivity index (χ0n) is 18.2. The molecule has 170 valence electrons. The Morgan fingerprint density at radius 3 is 2.49 bits per heavy atom. The predicted molar refractivity (Wildman–Crippen MR) is 134 cm³/mol. The van der Waals surface area contributed by atoms with E-state index in [2.05, 4.69) is 15.0 Å². The summed E-state index contributed by atoms with van der Waals surface area (Å²) in [5.74, 6) is -0.896. The van der Waals surface area contributed by atoms with Crippen molar-refractivity contribution in [2.45, 2.75) is 0 Å². The number of rotatable bonds is 5. The molecule has 7 nitrogen and oxygen atoms in total. The molecule has 2 N–H and O–H groups in total. The summed E-state index contributed by atoms with van der Waals surface area (Å²) in [7, 11) is 0. The molecule has 0 spiro atoms. The Bertz CT molecular complexity index is 1630. The smallest absolute Gasteiger partial charge is 0.339 e. The van der Waals surface area contributed by atoms with Gasteiger partial charge in [0, 0.05) is 16.0 Å². The molecule has 0 amide bonds. The van der Waals surface area contributed by atoms with Gasteiger partial charge in [-0.25, -0.2) is 14.8 Å². The van der Waals surface area contributed by atoms with Crippen LogP contribution in [0, 0.1) is 11.3 Å². The number of benzene rings is 3. The number of carbonyl (C=O) groups excluding carboxylic acids is 1. The second-order valence-corrected chi connectivity index (χ2v) is 8.07. The maximum absolute atomic E-state index is 13.1. The first-order valence-corrected chi connectivity index (χ1v) is 11.0. The van der Waals surface area contributed by atoms with Crippen LogP contribution in [0.4, 0.5) is 0 Å². The molecule has 0 unspecified atom stereocenters. The number of aromatic amines is 1. The standard InChI is InChI=1S/C27H17ClN4O3/c28-20-9-3-1-8-17(20)24-13-18(16-7-2-4-10-21(16)30-24)27(34)35-15-25(33)19(14-29)26-31-22-11-5-6-12-23(22)32-26/h1-13,33H,15H2,(H,31,32)/b25-19-. The molecule has 0 atom stereocenters. The van der Waals surface area contributed by atoms with E-state index < -0.39 is 18.3 Å². The summed E-state index contributed by atoms with van der Waals surface area (Å²) in [6.45, 7) is -0.503. The molecular formula is C27H17ClN4O3. The summed E-state index contributed by atoms with van der Waals surface area (Å²) in [4.78, 5) is 25.1. The lowest BCUT2D eigenvalue weighted by Gasteiger charge is -2.11. The van der Waals surface area contributed by atoms with Gasteiger partial charge in [-0.3, -0.25) is 0 Å². The summed E-state index contributed by atoms with van der Waals surface area (Å²) in [5, 5.41) is 21.2. The monoisotopic (exact) mass is 480 g/mol. The normalized spacial score (nSPS) is 11.8. The third-order valence-corrected chi connectivity index (χ3v) is 5.78. The molecule has 0 bridgehead atoms. The highest BCUT2D eigenvalue weighted by molar-refractivity contribution is 6.33. The Kier molecular flexibility index (Phi) is 5.88. The number of esters is 1. The number of halogens is 1. The van der Waals surface area contributed by atoms with Crippen molar-refractivity contribution in [3.8, 4) is 17.3 Å². The van der Waals surface area contributed by atoms with Crippen LogP contribution < -0.4 is 0 Å². The number of para-hydroxylation sites is 3. The zero-order valence-corrected chi connectivity index (χ0v) is 19.0. The van der Waals surface area contributed by atoms with Crippen LogP contribution in [0.3, 0.4) is 0 Å². The molecule has 5 rings (SSSR count). The predicted octanol–water partition coefficient (Wildman–Crippen LogP) is 6.08. The van der Waals surface area contributed by atoms with Crippen LogP contribution in [0.1, 0.15) is 16.2 Å². The van der Waals surface area contributed by atoms with E-state index in [9.17, 15) is 15.2 Å². The number of nitrogens with one attached hydrogen (secondary N) is 1. The zero-order chi connectivity index (χ0) is 24.4. The molecule has 0 aliphatic heterocycles. The number of carbonyl (C=O) groups is 1. The third kappa shape index (κ3) is 4.31. The first-order chi connectivity index (χ1) is 17.0. The van der Waals surface area contributed by atoms with E-state index in [-0.39, 0.29) is 17.0 Å². The molecule has 0 fully saturated rings. The van der Waals surface area contributed by atoms with Crippen molar-refractivity contribution >= 4 is 45.1 Å². The molecule has 2 aromatic heterocycles. The van der Waals surface area contributed by atoms with Gasteiger partial charge in [-0.2, -0.15) is 5.26 Å². The van der Waals surface area contributed by atoms with Gasteiger partial charge in [-0.15, -0.1) is 0 Å². The average Bonchev–Trinajstić information content (AvgIpc) is 3.31. The van der Waals surface area contributed by atoms with Crippen LogP contribution in [-0.2, 0) is 4.74 Å². The molecule has 0 saturated carbocycles. The molecule has 0 aliphatic carbocycles. The summed E-state index contributed by atoms with van der Waals surface area (Å²) in [5.41, 5.74) is 3.31. The first kappa shape index (κ1) is 22.1. The Morgan fingerprint density at radius 1 is 1.00 bits per heavy atom. The maximum Gasteiger partial charge on any atom is 0.339 e. The molecule has 0 radical (unpaired) electrons. The number of allylic oxidation sites excluding steroid dienone is 1. The summed E-state index contributed by atoms with van der Waals surface area (Å²) in [6.07, 6.45) is 0. The van der Waals surface area contributed by atoms with Crippen LogP contribution >= 0.6 is 11.6 Å². The molecule has 5 aromatic rings. The number of aliphatic hydroxyl groups excluding tert-OH is 1. The average molecular weight is 481 g/mol. The number of nitrogens with zero attached hydrogens (tertiary/aromatic N) is 3. The number of hydrogen-bond donors (Lipinski definition) is 2. The van der Waals surface area contributed by atoms with Gasteiger partial charge in [0.2, 0.25) is 0 Å².